The second kappa shape index (κ2) is 6.50. The van der Waals surface area contributed by atoms with Gasteiger partial charge in [0, 0.05) is 0 Å². The average Bonchev–Trinajstić information content (AvgIpc) is 1.65. The van der Waals surface area contributed by atoms with Crippen LogP contribution in [0.1, 0.15) is 0 Å². The van der Waals surface area contributed by atoms with E-state index in [1.807, 2.05) is 0 Å². The molecule has 0 aliphatic heterocycles. The van der Waals surface area contributed by atoms with Crippen LogP contribution in [-0.2, 0) is 9.47 Å². The topological polar surface area (TPSA) is 75.7 Å². The zero-order valence-corrected chi connectivity index (χ0v) is 8.16. The summed E-state index contributed by atoms with van der Waals surface area (Å²) in [6, 6.07) is 0. The fourth-order valence-corrected chi connectivity index (χ4v) is 0.110. The van der Waals surface area contributed by atoms with Crippen LogP contribution < -0.4 is 56.5 Å². The smallest absolute Gasteiger partial charge is 0.453 e. The van der Waals surface area contributed by atoms with E-state index in [0.29, 0.717) is 0 Å². The Hall–Kier alpha value is 0.376. The third kappa shape index (κ3) is 8.38. The second-order valence-corrected chi connectivity index (χ2v) is 0.806. The minimum absolute atomic E-state index is 0. The van der Waals surface area contributed by atoms with Crippen LogP contribution in [0.15, 0.2) is 0 Å². The van der Waals surface area contributed by atoms with Crippen molar-refractivity contribution in [3.8, 4) is 0 Å². The molecule has 5 nitrogen and oxygen atoms in total. The van der Waals surface area contributed by atoms with Gasteiger partial charge in [0.15, 0.2) is 0 Å². The van der Waals surface area contributed by atoms with E-state index in [9.17, 15) is 14.7 Å². The largest absolute Gasteiger partial charge is 1.00 e. The van der Waals surface area contributed by atoms with Crippen LogP contribution in [0.3, 0.4) is 0 Å². The van der Waals surface area contributed by atoms with Gasteiger partial charge in [-0.3, -0.25) is 0 Å². The Morgan fingerprint density at radius 1 is 1.44 bits per heavy atom. The van der Waals surface area contributed by atoms with Gasteiger partial charge < -0.3 is 19.4 Å². The molecule has 0 saturated carbocycles. The molecule has 0 spiro atoms. The summed E-state index contributed by atoms with van der Waals surface area (Å²) in [4.78, 5) is 19.1. The number of carboxylic acid groups (broad SMARTS) is 1. The molecule has 0 aromatic heterocycles. The second-order valence-electron chi connectivity index (χ2n) is 0.806. The minimum Gasteiger partial charge on any atom is -0.453 e. The van der Waals surface area contributed by atoms with Gasteiger partial charge >= 0.3 is 57.5 Å². The Labute approximate surface area is 93.7 Å². The van der Waals surface area contributed by atoms with Crippen molar-refractivity contribution < 1.29 is 75.6 Å². The van der Waals surface area contributed by atoms with E-state index >= 15 is 0 Å². The van der Waals surface area contributed by atoms with Crippen molar-refractivity contribution in [2.45, 2.75) is 0 Å². The SMILES string of the molecule is COC(=O)OC(=O)[O-].[K+]. The van der Waals surface area contributed by atoms with Gasteiger partial charge in [-0.25, -0.2) is 4.79 Å². The van der Waals surface area contributed by atoms with Crippen LogP contribution >= 0.6 is 0 Å². The fraction of sp³-hybridized carbons (Fsp3) is 0.333. The van der Waals surface area contributed by atoms with E-state index < -0.39 is 12.3 Å². The molecule has 0 amide bonds. The first-order valence-electron chi connectivity index (χ1n) is 1.63. The summed E-state index contributed by atoms with van der Waals surface area (Å²) in [5.41, 5.74) is 0. The summed E-state index contributed by atoms with van der Waals surface area (Å²) < 4.78 is 7.12. The summed E-state index contributed by atoms with van der Waals surface area (Å²) in [5.74, 6) is 0. The van der Waals surface area contributed by atoms with Gasteiger partial charge in [0.05, 0.1) is 7.11 Å². The van der Waals surface area contributed by atoms with Crippen LogP contribution in [0.4, 0.5) is 9.59 Å². The van der Waals surface area contributed by atoms with Gasteiger partial charge in [0.25, 0.3) is 6.16 Å². The van der Waals surface area contributed by atoms with E-state index in [2.05, 4.69) is 9.47 Å². The summed E-state index contributed by atoms with van der Waals surface area (Å²) >= 11 is 0. The zero-order valence-electron chi connectivity index (χ0n) is 5.04. The van der Waals surface area contributed by atoms with E-state index in [1.54, 1.807) is 0 Å². The summed E-state index contributed by atoms with van der Waals surface area (Å²) in [6.07, 6.45) is -3.21. The molecule has 0 rings (SSSR count). The first kappa shape index (κ1) is 12.1. The number of hydrogen-bond acceptors (Lipinski definition) is 5. The van der Waals surface area contributed by atoms with Crippen molar-refractivity contribution in [1.82, 2.24) is 0 Å². The van der Waals surface area contributed by atoms with Gasteiger partial charge in [-0.1, -0.05) is 0 Å². The van der Waals surface area contributed by atoms with Gasteiger partial charge in [0.1, 0.15) is 0 Å². The molecule has 0 aromatic carbocycles. The Morgan fingerprint density at radius 2 is 1.89 bits per heavy atom. The molecule has 0 fully saturated rings. The number of carbonyl (C=O) groups excluding carboxylic acids is 2. The molecule has 6 heteroatoms. The Kier molecular flexibility index (Phi) is 8.73. The Balaban J connectivity index is 0. The van der Waals surface area contributed by atoms with Gasteiger partial charge in [-0.2, -0.15) is 0 Å². The predicted molar refractivity (Wildman–Crippen MR) is 18.9 cm³/mol. The third-order valence-electron chi connectivity index (χ3n) is 0.333. The molecule has 0 aliphatic carbocycles. The summed E-state index contributed by atoms with van der Waals surface area (Å²) in [7, 11) is 0.991. The minimum atomic E-state index is -1.92. The molecule has 0 unspecified atom stereocenters. The molecule has 0 atom stereocenters. The maximum absolute atomic E-state index is 9.76. The van der Waals surface area contributed by atoms with E-state index in [0.717, 1.165) is 7.11 Å². The monoisotopic (exact) mass is 158 g/mol. The fourth-order valence-electron chi connectivity index (χ4n) is 0.110. The standard InChI is InChI=1S/C3H4O5.K/c1-7-3(6)8-2(4)5;/h1H3,(H,4,5);/q;+1/p-1. The van der Waals surface area contributed by atoms with E-state index in [4.69, 9.17) is 0 Å². The van der Waals surface area contributed by atoms with Crippen LogP contribution in [0.2, 0.25) is 0 Å². The maximum Gasteiger partial charge on any atom is 1.00 e. The molecule has 0 bridgehead atoms. The van der Waals surface area contributed by atoms with Gasteiger partial charge in [-0.15, -0.1) is 0 Å². The number of rotatable bonds is 0. The first-order chi connectivity index (χ1) is 3.66. The van der Waals surface area contributed by atoms with Crippen LogP contribution in [-0.4, -0.2) is 19.4 Å². The molecule has 0 N–H and O–H groups in total. The van der Waals surface area contributed by atoms with Crippen molar-refractivity contribution >= 4 is 12.3 Å². The number of methoxy groups -OCH3 is 1. The van der Waals surface area contributed by atoms with Gasteiger partial charge in [-0.05, 0) is 0 Å². The molecular weight excluding hydrogens is 155 g/mol. The molecule has 46 valence electrons. The van der Waals surface area contributed by atoms with E-state index in [-0.39, 0.29) is 51.4 Å². The average molecular weight is 158 g/mol. The van der Waals surface area contributed by atoms with Crippen LogP contribution in [0, 0.1) is 0 Å². The number of carbonyl (C=O) groups is 2. The Bertz CT molecular complexity index is 111. The molecule has 0 aliphatic rings. The molecule has 9 heavy (non-hydrogen) atoms. The van der Waals surface area contributed by atoms with Crippen molar-refractivity contribution in [3.63, 3.8) is 0 Å². The summed E-state index contributed by atoms with van der Waals surface area (Å²) in [5, 5.41) is 9.33. The third-order valence-corrected chi connectivity index (χ3v) is 0.333. The maximum atomic E-state index is 9.76. The Morgan fingerprint density at radius 3 is 2.00 bits per heavy atom. The van der Waals surface area contributed by atoms with Crippen molar-refractivity contribution in [2.75, 3.05) is 7.11 Å². The van der Waals surface area contributed by atoms with Crippen LogP contribution in [0.25, 0.3) is 0 Å². The molecular formula is C3H3KO5. The molecule has 0 radical (unpaired) electrons. The quantitative estimate of drug-likeness (QED) is 0.205. The number of hydrogen-bond donors (Lipinski definition) is 0. The first-order valence-corrected chi connectivity index (χ1v) is 1.63. The van der Waals surface area contributed by atoms with Crippen molar-refractivity contribution in [1.29, 1.82) is 0 Å². The molecule has 0 heterocycles. The van der Waals surface area contributed by atoms with Crippen molar-refractivity contribution in [3.05, 3.63) is 0 Å². The predicted octanol–water partition coefficient (Wildman–Crippen LogP) is -3.88. The van der Waals surface area contributed by atoms with Crippen LogP contribution in [0.5, 0.6) is 0 Å². The zero-order chi connectivity index (χ0) is 6.57. The molecule has 0 aromatic rings. The van der Waals surface area contributed by atoms with Crippen molar-refractivity contribution in [2.24, 2.45) is 0 Å². The normalized spacial score (nSPS) is 6.78. The molecule has 0 saturated heterocycles. The van der Waals surface area contributed by atoms with E-state index in [1.165, 1.54) is 0 Å². The number of ether oxygens (including phenoxy) is 2. The summed E-state index contributed by atoms with van der Waals surface area (Å²) in [6.45, 7) is 0. The van der Waals surface area contributed by atoms with Gasteiger partial charge in [0.2, 0.25) is 0 Å².